The Labute approximate surface area is 89.2 Å². The number of pyridine rings is 1. The summed E-state index contributed by atoms with van der Waals surface area (Å²) in [6, 6.07) is 1.82. The number of nitrogens with two attached hydrogens (primary N) is 1. The summed E-state index contributed by atoms with van der Waals surface area (Å²) in [5.74, 6) is 0.615. The highest BCUT2D eigenvalue weighted by molar-refractivity contribution is 5.63. The number of nitrogen functional groups attached to an aromatic ring is 1. The van der Waals surface area contributed by atoms with E-state index in [0.29, 0.717) is 24.6 Å². The fraction of sp³-hybridized carbons (Fsp3) is 0.500. The van der Waals surface area contributed by atoms with E-state index in [0.717, 1.165) is 5.56 Å². The second-order valence-corrected chi connectivity index (χ2v) is 3.36. The molecule has 84 valence electrons. The van der Waals surface area contributed by atoms with Gasteiger partial charge in [-0.15, -0.1) is 0 Å². The number of aliphatic hydroxyl groups excluding tert-OH is 2. The van der Waals surface area contributed by atoms with E-state index >= 15 is 0 Å². The van der Waals surface area contributed by atoms with Gasteiger partial charge in [0.25, 0.3) is 0 Å². The second-order valence-electron chi connectivity index (χ2n) is 3.36. The summed E-state index contributed by atoms with van der Waals surface area (Å²) >= 11 is 0. The van der Waals surface area contributed by atoms with Crippen LogP contribution in [-0.2, 0) is 0 Å². The molecular weight excluding hydrogens is 194 g/mol. The summed E-state index contributed by atoms with van der Waals surface area (Å²) in [7, 11) is 0. The first-order chi connectivity index (χ1) is 7.19. The van der Waals surface area contributed by atoms with E-state index in [9.17, 15) is 0 Å². The topological polar surface area (TPSA) is 82.6 Å². The Morgan fingerprint density at radius 2 is 1.93 bits per heavy atom. The molecule has 0 amide bonds. The van der Waals surface area contributed by atoms with Crippen LogP contribution in [0.4, 0.5) is 11.5 Å². The van der Waals surface area contributed by atoms with Crippen LogP contribution in [0.3, 0.4) is 0 Å². The van der Waals surface area contributed by atoms with Crippen molar-refractivity contribution in [3.8, 4) is 0 Å². The van der Waals surface area contributed by atoms with Gasteiger partial charge in [0.15, 0.2) is 5.82 Å². The Kier molecular flexibility index (Phi) is 4.33. The van der Waals surface area contributed by atoms with Crippen LogP contribution in [-0.4, -0.2) is 41.5 Å². The minimum Gasteiger partial charge on any atom is -0.396 e. The lowest BCUT2D eigenvalue weighted by Crippen LogP contribution is -2.31. The van der Waals surface area contributed by atoms with Crippen molar-refractivity contribution >= 4 is 11.5 Å². The molecule has 0 bridgehead atoms. The van der Waals surface area contributed by atoms with Gasteiger partial charge in [0.2, 0.25) is 0 Å². The molecule has 5 nitrogen and oxygen atoms in total. The summed E-state index contributed by atoms with van der Waals surface area (Å²) in [6.07, 6.45) is 1.72. The van der Waals surface area contributed by atoms with Crippen LogP contribution in [0.1, 0.15) is 5.56 Å². The summed E-state index contributed by atoms with van der Waals surface area (Å²) in [5, 5.41) is 17.8. The summed E-state index contributed by atoms with van der Waals surface area (Å²) in [6.45, 7) is 2.77. The maximum absolute atomic E-state index is 8.88. The lowest BCUT2D eigenvalue weighted by atomic mass is 10.2. The van der Waals surface area contributed by atoms with Crippen molar-refractivity contribution in [1.29, 1.82) is 0 Å². The van der Waals surface area contributed by atoms with E-state index in [-0.39, 0.29) is 13.2 Å². The molecular formula is C10H17N3O2. The van der Waals surface area contributed by atoms with Crippen LogP contribution in [0.5, 0.6) is 0 Å². The van der Waals surface area contributed by atoms with Gasteiger partial charge in [-0.25, -0.2) is 4.98 Å². The maximum Gasteiger partial charge on any atom is 0.151 e. The fourth-order valence-electron chi connectivity index (χ4n) is 1.41. The molecule has 0 aliphatic rings. The van der Waals surface area contributed by atoms with Gasteiger partial charge in [-0.05, 0) is 18.6 Å². The van der Waals surface area contributed by atoms with Crippen molar-refractivity contribution < 1.29 is 10.2 Å². The smallest absolute Gasteiger partial charge is 0.151 e. The van der Waals surface area contributed by atoms with Crippen LogP contribution in [0, 0.1) is 6.92 Å². The van der Waals surface area contributed by atoms with Crippen molar-refractivity contribution in [2.24, 2.45) is 0 Å². The highest BCUT2D eigenvalue weighted by Crippen LogP contribution is 2.20. The summed E-state index contributed by atoms with van der Waals surface area (Å²) < 4.78 is 0. The lowest BCUT2D eigenvalue weighted by molar-refractivity contribution is 0.281. The molecule has 0 spiro atoms. The molecule has 1 heterocycles. The normalized spacial score (nSPS) is 10.3. The molecule has 0 aromatic carbocycles. The van der Waals surface area contributed by atoms with Crippen molar-refractivity contribution in [3.63, 3.8) is 0 Å². The number of rotatable bonds is 5. The molecule has 1 aromatic heterocycles. The summed E-state index contributed by atoms with van der Waals surface area (Å²) in [4.78, 5) is 5.95. The zero-order chi connectivity index (χ0) is 11.3. The van der Waals surface area contributed by atoms with E-state index < -0.39 is 0 Å². The quantitative estimate of drug-likeness (QED) is 0.626. The first kappa shape index (κ1) is 11.7. The van der Waals surface area contributed by atoms with E-state index in [1.54, 1.807) is 11.1 Å². The Morgan fingerprint density at radius 1 is 1.33 bits per heavy atom. The highest BCUT2D eigenvalue weighted by Gasteiger charge is 2.10. The van der Waals surface area contributed by atoms with Gasteiger partial charge in [0.1, 0.15) is 0 Å². The van der Waals surface area contributed by atoms with Crippen LogP contribution in [0.15, 0.2) is 12.3 Å². The number of aliphatic hydroxyl groups is 2. The molecule has 0 saturated carbocycles. The Morgan fingerprint density at radius 3 is 2.40 bits per heavy atom. The van der Waals surface area contributed by atoms with E-state index in [1.807, 2.05) is 13.0 Å². The van der Waals surface area contributed by atoms with Gasteiger partial charge in [-0.1, -0.05) is 0 Å². The number of nitrogens with zero attached hydrogens (tertiary/aromatic N) is 2. The molecule has 4 N–H and O–H groups in total. The van der Waals surface area contributed by atoms with Crippen molar-refractivity contribution in [3.05, 3.63) is 17.8 Å². The third-order valence-corrected chi connectivity index (χ3v) is 2.07. The van der Waals surface area contributed by atoms with Gasteiger partial charge < -0.3 is 20.8 Å². The van der Waals surface area contributed by atoms with Crippen LogP contribution >= 0.6 is 0 Å². The molecule has 0 unspecified atom stereocenters. The van der Waals surface area contributed by atoms with E-state index in [2.05, 4.69) is 4.98 Å². The van der Waals surface area contributed by atoms with Crippen molar-refractivity contribution in [2.75, 3.05) is 36.9 Å². The second kappa shape index (κ2) is 5.53. The molecule has 15 heavy (non-hydrogen) atoms. The van der Waals surface area contributed by atoms with E-state index in [4.69, 9.17) is 15.9 Å². The molecule has 1 aromatic rings. The third kappa shape index (κ3) is 3.07. The number of anilines is 2. The van der Waals surface area contributed by atoms with Crippen LogP contribution in [0.2, 0.25) is 0 Å². The van der Waals surface area contributed by atoms with Gasteiger partial charge in [0.05, 0.1) is 18.9 Å². The maximum atomic E-state index is 8.88. The fourth-order valence-corrected chi connectivity index (χ4v) is 1.41. The van der Waals surface area contributed by atoms with Gasteiger partial charge in [-0.3, -0.25) is 0 Å². The van der Waals surface area contributed by atoms with Crippen molar-refractivity contribution in [2.45, 2.75) is 6.92 Å². The molecule has 1 rings (SSSR count). The molecule has 0 radical (unpaired) electrons. The average Bonchev–Trinajstić information content (AvgIpc) is 2.17. The van der Waals surface area contributed by atoms with Crippen LogP contribution < -0.4 is 10.6 Å². The zero-order valence-corrected chi connectivity index (χ0v) is 8.85. The van der Waals surface area contributed by atoms with Gasteiger partial charge in [-0.2, -0.15) is 0 Å². The van der Waals surface area contributed by atoms with Crippen molar-refractivity contribution in [1.82, 2.24) is 4.98 Å². The Hall–Kier alpha value is -1.33. The highest BCUT2D eigenvalue weighted by atomic mass is 16.3. The third-order valence-electron chi connectivity index (χ3n) is 2.07. The number of hydrogen-bond acceptors (Lipinski definition) is 5. The van der Waals surface area contributed by atoms with Gasteiger partial charge in [0, 0.05) is 19.3 Å². The Balaban J connectivity index is 2.89. The van der Waals surface area contributed by atoms with Crippen LogP contribution in [0.25, 0.3) is 0 Å². The standard InChI is InChI=1S/C10H17N3O2/c1-8-6-9(11)10(12-7-8)13(2-4-14)3-5-15/h6-7,14-15H,2-5,11H2,1H3. The first-order valence-corrected chi connectivity index (χ1v) is 4.88. The molecule has 5 heteroatoms. The molecule has 0 aliphatic carbocycles. The predicted octanol–water partition coefficient (Wildman–Crippen LogP) is -0.237. The average molecular weight is 211 g/mol. The molecule has 0 atom stereocenters. The number of aryl methyl sites for hydroxylation is 1. The molecule has 0 fully saturated rings. The first-order valence-electron chi connectivity index (χ1n) is 4.88. The lowest BCUT2D eigenvalue weighted by Gasteiger charge is -2.23. The SMILES string of the molecule is Cc1cnc(N(CCO)CCO)c(N)c1. The number of hydrogen-bond donors (Lipinski definition) is 3. The molecule has 0 aliphatic heterocycles. The van der Waals surface area contributed by atoms with Gasteiger partial charge >= 0.3 is 0 Å². The summed E-state index contributed by atoms with van der Waals surface area (Å²) in [5.41, 5.74) is 7.37. The monoisotopic (exact) mass is 211 g/mol. The largest absolute Gasteiger partial charge is 0.396 e. The predicted molar refractivity (Wildman–Crippen MR) is 59.8 cm³/mol. The number of aromatic nitrogens is 1. The van der Waals surface area contributed by atoms with E-state index in [1.165, 1.54) is 0 Å². The zero-order valence-electron chi connectivity index (χ0n) is 8.85. The minimum atomic E-state index is 0.00893. The molecule has 0 saturated heterocycles. The Bertz CT molecular complexity index is 312. The minimum absolute atomic E-state index is 0.00893.